The normalized spacial score (nSPS) is 17.8. The first-order valence-corrected chi connectivity index (χ1v) is 8.83. The lowest BCUT2D eigenvalue weighted by Crippen LogP contribution is -2.29. The van der Waals surface area contributed by atoms with Crippen LogP contribution < -0.4 is 0 Å². The molecule has 1 aromatic rings. The van der Waals surface area contributed by atoms with Gasteiger partial charge in [-0.05, 0) is 31.9 Å². The van der Waals surface area contributed by atoms with E-state index in [4.69, 9.17) is 0 Å². The first kappa shape index (κ1) is 13.7. The zero-order chi connectivity index (χ0) is 13.2. The van der Waals surface area contributed by atoms with Gasteiger partial charge < -0.3 is 0 Å². The molecule has 0 radical (unpaired) electrons. The van der Waals surface area contributed by atoms with Gasteiger partial charge in [-0.15, -0.1) is 11.3 Å². The summed E-state index contributed by atoms with van der Waals surface area (Å²) in [7, 11) is -3.26. The molecule has 0 aliphatic heterocycles. The molecule has 0 saturated heterocycles. The number of hydrogen-bond donors (Lipinski definition) is 0. The van der Waals surface area contributed by atoms with Gasteiger partial charge in [-0.3, -0.25) is 4.79 Å². The summed E-state index contributed by atoms with van der Waals surface area (Å²) in [6, 6.07) is 3.57. The van der Waals surface area contributed by atoms with Gasteiger partial charge in [0.1, 0.15) is 5.75 Å². The highest BCUT2D eigenvalue weighted by Gasteiger charge is 2.29. The highest BCUT2D eigenvalue weighted by molar-refractivity contribution is 7.92. The third kappa shape index (κ3) is 3.20. The number of ketones is 1. The van der Waals surface area contributed by atoms with Crippen LogP contribution in [0.5, 0.6) is 0 Å². The van der Waals surface area contributed by atoms with Crippen molar-refractivity contribution in [1.82, 2.24) is 0 Å². The van der Waals surface area contributed by atoms with E-state index in [1.807, 2.05) is 13.0 Å². The minimum atomic E-state index is -3.26. The summed E-state index contributed by atoms with van der Waals surface area (Å²) in [5, 5.41) is -0.295. The fraction of sp³-hybridized carbons (Fsp3) is 0.615. The Morgan fingerprint density at radius 3 is 2.50 bits per heavy atom. The lowest BCUT2D eigenvalue weighted by atomic mass is 10.0. The van der Waals surface area contributed by atoms with E-state index in [0.29, 0.717) is 4.88 Å². The quantitative estimate of drug-likeness (QED) is 0.800. The average Bonchev–Trinajstić information content (AvgIpc) is 2.77. The first-order valence-electron chi connectivity index (χ1n) is 6.30. The zero-order valence-electron chi connectivity index (χ0n) is 10.5. The van der Waals surface area contributed by atoms with Crippen LogP contribution in [0, 0.1) is 6.92 Å². The van der Waals surface area contributed by atoms with E-state index in [-0.39, 0.29) is 16.8 Å². The van der Waals surface area contributed by atoms with Gasteiger partial charge >= 0.3 is 0 Å². The minimum Gasteiger partial charge on any atom is -0.292 e. The van der Waals surface area contributed by atoms with E-state index in [1.54, 1.807) is 6.07 Å². The number of rotatable bonds is 4. The van der Waals surface area contributed by atoms with Gasteiger partial charge in [-0.1, -0.05) is 19.3 Å². The molecule has 1 saturated carbocycles. The van der Waals surface area contributed by atoms with Crippen molar-refractivity contribution in [2.45, 2.75) is 44.3 Å². The predicted octanol–water partition coefficient (Wildman–Crippen LogP) is 2.99. The number of hydrogen-bond acceptors (Lipinski definition) is 4. The molecule has 1 aromatic heterocycles. The summed E-state index contributed by atoms with van der Waals surface area (Å²) in [4.78, 5) is 13.5. The summed E-state index contributed by atoms with van der Waals surface area (Å²) in [5.74, 6) is -0.573. The van der Waals surface area contributed by atoms with Gasteiger partial charge in [-0.2, -0.15) is 0 Å². The van der Waals surface area contributed by atoms with Crippen molar-refractivity contribution in [2.24, 2.45) is 0 Å². The number of aryl methyl sites for hydroxylation is 1. The van der Waals surface area contributed by atoms with E-state index in [2.05, 4.69) is 0 Å². The SMILES string of the molecule is Cc1ccc(C(=O)CS(=O)(=O)C2CCCCC2)s1. The number of carbonyl (C=O) groups is 1. The van der Waals surface area contributed by atoms with Crippen LogP contribution in [0.4, 0.5) is 0 Å². The molecule has 0 aromatic carbocycles. The Bertz CT molecular complexity index is 522. The van der Waals surface area contributed by atoms with Gasteiger partial charge in [0.2, 0.25) is 0 Å². The number of Topliss-reactive ketones (excluding diaryl/α,β-unsaturated/α-hetero) is 1. The summed E-state index contributed by atoms with van der Waals surface area (Å²) >= 11 is 1.37. The largest absolute Gasteiger partial charge is 0.292 e. The van der Waals surface area contributed by atoms with Crippen molar-refractivity contribution >= 4 is 27.0 Å². The second-order valence-electron chi connectivity index (χ2n) is 4.90. The van der Waals surface area contributed by atoms with Crippen LogP contribution in [-0.4, -0.2) is 25.2 Å². The molecule has 0 amide bonds. The van der Waals surface area contributed by atoms with Crippen molar-refractivity contribution in [1.29, 1.82) is 0 Å². The highest BCUT2D eigenvalue weighted by atomic mass is 32.2. The van der Waals surface area contributed by atoms with E-state index in [0.717, 1.165) is 37.0 Å². The van der Waals surface area contributed by atoms with Gasteiger partial charge in [0.15, 0.2) is 15.6 Å². The second kappa shape index (κ2) is 5.53. The maximum Gasteiger partial charge on any atom is 0.187 e. The van der Waals surface area contributed by atoms with Crippen LogP contribution in [0.2, 0.25) is 0 Å². The molecule has 1 aliphatic rings. The average molecular weight is 286 g/mol. The van der Waals surface area contributed by atoms with Crippen molar-refractivity contribution < 1.29 is 13.2 Å². The Labute approximate surface area is 112 Å². The van der Waals surface area contributed by atoms with Crippen LogP contribution in [0.15, 0.2) is 12.1 Å². The summed E-state index contributed by atoms with van der Waals surface area (Å²) in [5.41, 5.74) is 0. The fourth-order valence-electron chi connectivity index (χ4n) is 2.38. The molecule has 0 unspecified atom stereocenters. The standard InChI is InChI=1S/C13H18O3S2/c1-10-7-8-13(17-10)12(14)9-18(15,16)11-5-3-2-4-6-11/h7-8,11H,2-6,9H2,1H3. The predicted molar refractivity (Wildman–Crippen MR) is 74.0 cm³/mol. The smallest absolute Gasteiger partial charge is 0.187 e. The molecular weight excluding hydrogens is 268 g/mol. The molecule has 0 atom stereocenters. The molecule has 3 nitrogen and oxygen atoms in total. The van der Waals surface area contributed by atoms with Crippen LogP contribution in [0.25, 0.3) is 0 Å². The number of thiophene rings is 1. The Morgan fingerprint density at radius 1 is 1.28 bits per heavy atom. The zero-order valence-corrected chi connectivity index (χ0v) is 12.1. The van der Waals surface area contributed by atoms with E-state index in [9.17, 15) is 13.2 Å². The molecule has 0 spiro atoms. The molecule has 1 heterocycles. The third-order valence-electron chi connectivity index (χ3n) is 3.41. The maximum atomic E-state index is 12.2. The number of sulfone groups is 1. The topological polar surface area (TPSA) is 51.2 Å². The summed E-state index contributed by atoms with van der Waals surface area (Å²) in [6.45, 7) is 1.91. The first-order chi connectivity index (χ1) is 8.49. The lowest BCUT2D eigenvalue weighted by Gasteiger charge is -2.21. The summed E-state index contributed by atoms with van der Waals surface area (Å²) in [6.07, 6.45) is 4.49. The molecule has 5 heteroatoms. The monoisotopic (exact) mass is 286 g/mol. The van der Waals surface area contributed by atoms with Crippen molar-refractivity contribution in [2.75, 3.05) is 5.75 Å². The Kier molecular flexibility index (Phi) is 4.22. The Morgan fingerprint density at radius 2 is 1.94 bits per heavy atom. The maximum absolute atomic E-state index is 12.2. The Balaban J connectivity index is 2.05. The molecule has 100 valence electrons. The van der Waals surface area contributed by atoms with Crippen molar-refractivity contribution in [3.8, 4) is 0 Å². The third-order valence-corrected chi connectivity index (χ3v) is 6.60. The van der Waals surface area contributed by atoms with E-state index < -0.39 is 9.84 Å². The molecule has 2 rings (SSSR count). The lowest BCUT2D eigenvalue weighted by molar-refractivity contribution is 0.102. The van der Waals surface area contributed by atoms with Gasteiger partial charge in [0.25, 0.3) is 0 Å². The van der Waals surface area contributed by atoms with Crippen LogP contribution in [0.1, 0.15) is 46.7 Å². The molecular formula is C13H18O3S2. The van der Waals surface area contributed by atoms with Gasteiger partial charge in [0, 0.05) is 4.88 Å². The molecule has 18 heavy (non-hydrogen) atoms. The van der Waals surface area contributed by atoms with Gasteiger partial charge in [0.05, 0.1) is 10.1 Å². The van der Waals surface area contributed by atoms with Crippen molar-refractivity contribution in [3.63, 3.8) is 0 Å². The highest BCUT2D eigenvalue weighted by Crippen LogP contribution is 2.25. The minimum absolute atomic E-state index is 0.251. The molecule has 0 bridgehead atoms. The van der Waals surface area contributed by atoms with E-state index in [1.165, 1.54) is 11.3 Å². The van der Waals surface area contributed by atoms with Crippen molar-refractivity contribution in [3.05, 3.63) is 21.9 Å². The fourth-order valence-corrected chi connectivity index (χ4v) is 5.08. The second-order valence-corrected chi connectivity index (χ2v) is 8.47. The summed E-state index contributed by atoms with van der Waals surface area (Å²) < 4.78 is 24.3. The van der Waals surface area contributed by atoms with E-state index >= 15 is 0 Å². The Hall–Kier alpha value is -0.680. The van der Waals surface area contributed by atoms with Gasteiger partial charge in [-0.25, -0.2) is 8.42 Å². The van der Waals surface area contributed by atoms with Crippen LogP contribution in [0.3, 0.4) is 0 Å². The van der Waals surface area contributed by atoms with Crippen LogP contribution >= 0.6 is 11.3 Å². The molecule has 1 fully saturated rings. The van der Waals surface area contributed by atoms with Crippen LogP contribution in [-0.2, 0) is 9.84 Å². The number of carbonyl (C=O) groups excluding carboxylic acids is 1. The molecule has 0 N–H and O–H groups in total. The molecule has 1 aliphatic carbocycles.